The summed E-state index contributed by atoms with van der Waals surface area (Å²) in [6, 6.07) is 5.39. The molecule has 2 atom stereocenters. The largest absolute Gasteiger partial charge is 0.326 e. The Labute approximate surface area is 83.3 Å². The zero-order valence-electron chi connectivity index (χ0n) is 8.26. The molecule has 2 rings (SSSR count). The lowest BCUT2D eigenvalue weighted by atomic mass is 9.94. The number of hydrogen-bond donors (Lipinski definition) is 2. The van der Waals surface area contributed by atoms with Crippen molar-refractivity contribution in [2.24, 2.45) is 5.73 Å². The van der Waals surface area contributed by atoms with Crippen LogP contribution in [0.15, 0.2) is 18.2 Å². The minimum atomic E-state index is -0.130. The second-order valence-corrected chi connectivity index (χ2v) is 3.95. The molecule has 0 radical (unpaired) electrons. The topological polar surface area (TPSA) is 38.0 Å². The summed E-state index contributed by atoms with van der Waals surface area (Å²) in [5, 5.41) is 3.17. The van der Waals surface area contributed by atoms with Crippen molar-refractivity contribution < 1.29 is 4.39 Å². The highest BCUT2D eigenvalue weighted by atomic mass is 19.1. The summed E-state index contributed by atoms with van der Waals surface area (Å²) < 4.78 is 13.6. The summed E-state index contributed by atoms with van der Waals surface area (Å²) in [5.41, 5.74) is 7.58. The number of hydrogen-bond acceptors (Lipinski definition) is 2. The highest BCUT2D eigenvalue weighted by Crippen LogP contribution is 2.24. The van der Waals surface area contributed by atoms with Gasteiger partial charge in [0.05, 0.1) is 0 Å². The van der Waals surface area contributed by atoms with Crippen molar-refractivity contribution in [3.05, 3.63) is 35.1 Å². The number of nitrogens with one attached hydrogen (secondary N) is 1. The quantitative estimate of drug-likeness (QED) is 0.703. The monoisotopic (exact) mass is 194 g/mol. The van der Waals surface area contributed by atoms with Crippen LogP contribution in [0.2, 0.25) is 0 Å². The molecule has 1 aliphatic rings. The molecule has 1 saturated heterocycles. The van der Waals surface area contributed by atoms with Gasteiger partial charge in [0.2, 0.25) is 0 Å². The van der Waals surface area contributed by atoms with E-state index in [9.17, 15) is 4.39 Å². The minimum Gasteiger partial charge on any atom is -0.326 e. The van der Waals surface area contributed by atoms with Gasteiger partial charge < -0.3 is 11.1 Å². The molecule has 0 saturated carbocycles. The zero-order chi connectivity index (χ0) is 10.1. The van der Waals surface area contributed by atoms with Crippen molar-refractivity contribution in [1.29, 1.82) is 0 Å². The van der Waals surface area contributed by atoms with Gasteiger partial charge in [0, 0.05) is 25.0 Å². The standard InChI is InChI=1S/C11H15FN2/c1-7-2-3-8(10(12)4-7)9-5-14-6-11(9)13/h2-4,9,11,14H,5-6,13H2,1H3. The molecule has 2 unspecified atom stereocenters. The van der Waals surface area contributed by atoms with Gasteiger partial charge in [-0.15, -0.1) is 0 Å². The molecule has 76 valence electrons. The van der Waals surface area contributed by atoms with Gasteiger partial charge in [-0.3, -0.25) is 0 Å². The first kappa shape index (κ1) is 9.62. The SMILES string of the molecule is Cc1ccc(C2CNCC2N)c(F)c1. The Morgan fingerprint density at radius 1 is 1.43 bits per heavy atom. The Hall–Kier alpha value is -0.930. The molecule has 3 N–H and O–H groups in total. The Bertz CT molecular complexity index is 338. The van der Waals surface area contributed by atoms with Crippen LogP contribution >= 0.6 is 0 Å². The predicted molar refractivity (Wildman–Crippen MR) is 54.7 cm³/mol. The number of rotatable bonds is 1. The van der Waals surface area contributed by atoms with E-state index in [-0.39, 0.29) is 17.8 Å². The first-order valence-corrected chi connectivity index (χ1v) is 4.91. The Morgan fingerprint density at radius 3 is 2.79 bits per heavy atom. The Morgan fingerprint density at radius 2 is 2.21 bits per heavy atom. The van der Waals surface area contributed by atoms with Gasteiger partial charge in [-0.2, -0.15) is 0 Å². The number of nitrogens with two attached hydrogens (primary N) is 1. The molecule has 0 amide bonds. The van der Waals surface area contributed by atoms with Crippen molar-refractivity contribution in [3.8, 4) is 0 Å². The van der Waals surface area contributed by atoms with Gasteiger partial charge in [-0.25, -0.2) is 4.39 Å². The Balaban J connectivity index is 2.31. The first-order valence-electron chi connectivity index (χ1n) is 4.91. The van der Waals surface area contributed by atoms with E-state index in [2.05, 4.69) is 5.32 Å². The third-order valence-electron chi connectivity index (χ3n) is 2.82. The average molecular weight is 194 g/mol. The average Bonchev–Trinajstić information content (AvgIpc) is 2.52. The molecule has 1 aromatic rings. The fraction of sp³-hybridized carbons (Fsp3) is 0.455. The van der Waals surface area contributed by atoms with E-state index in [1.807, 2.05) is 19.1 Å². The van der Waals surface area contributed by atoms with Gasteiger partial charge in [0.1, 0.15) is 5.82 Å². The zero-order valence-corrected chi connectivity index (χ0v) is 8.26. The summed E-state index contributed by atoms with van der Waals surface area (Å²) in [6.45, 7) is 3.44. The molecule has 0 aromatic heterocycles. The summed E-state index contributed by atoms with van der Waals surface area (Å²) >= 11 is 0. The van der Waals surface area contributed by atoms with Gasteiger partial charge in [0.15, 0.2) is 0 Å². The molecule has 1 aliphatic heterocycles. The van der Waals surface area contributed by atoms with E-state index in [0.29, 0.717) is 0 Å². The molecule has 1 fully saturated rings. The molecule has 14 heavy (non-hydrogen) atoms. The second kappa shape index (κ2) is 3.67. The fourth-order valence-corrected chi connectivity index (χ4v) is 1.97. The number of halogens is 1. The van der Waals surface area contributed by atoms with Crippen LogP contribution in [0.25, 0.3) is 0 Å². The van der Waals surface area contributed by atoms with Gasteiger partial charge in [0.25, 0.3) is 0 Å². The lowest BCUT2D eigenvalue weighted by Crippen LogP contribution is -2.28. The molecular formula is C11H15FN2. The number of aryl methyl sites for hydroxylation is 1. The van der Waals surface area contributed by atoms with Gasteiger partial charge >= 0.3 is 0 Å². The maximum atomic E-state index is 13.6. The predicted octanol–water partition coefficient (Wildman–Crippen LogP) is 1.15. The summed E-state index contributed by atoms with van der Waals surface area (Å²) in [5.74, 6) is -0.00949. The molecule has 0 aliphatic carbocycles. The molecule has 0 spiro atoms. The van der Waals surface area contributed by atoms with E-state index in [4.69, 9.17) is 5.73 Å². The molecule has 3 heteroatoms. The van der Waals surface area contributed by atoms with Crippen LogP contribution in [0.3, 0.4) is 0 Å². The van der Waals surface area contributed by atoms with Crippen molar-refractivity contribution in [2.75, 3.05) is 13.1 Å². The summed E-state index contributed by atoms with van der Waals surface area (Å²) in [6.07, 6.45) is 0. The minimum absolute atomic E-state index is 0.0345. The van der Waals surface area contributed by atoms with Crippen molar-refractivity contribution >= 4 is 0 Å². The second-order valence-electron chi connectivity index (χ2n) is 3.95. The number of benzene rings is 1. The van der Waals surface area contributed by atoms with E-state index < -0.39 is 0 Å². The summed E-state index contributed by atoms with van der Waals surface area (Å²) in [4.78, 5) is 0. The normalized spacial score (nSPS) is 26.8. The van der Waals surface area contributed by atoms with Crippen LogP contribution in [-0.4, -0.2) is 19.1 Å². The van der Waals surface area contributed by atoms with Crippen molar-refractivity contribution in [2.45, 2.75) is 18.9 Å². The fourth-order valence-electron chi connectivity index (χ4n) is 1.97. The van der Waals surface area contributed by atoms with Gasteiger partial charge in [-0.05, 0) is 24.1 Å². The molecular weight excluding hydrogens is 179 g/mol. The Kier molecular flexibility index (Phi) is 2.52. The third-order valence-corrected chi connectivity index (χ3v) is 2.82. The van der Waals surface area contributed by atoms with Crippen LogP contribution in [0.4, 0.5) is 4.39 Å². The third kappa shape index (κ3) is 1.65. The molecule has 0 bridgehead atoms. The molecule has 1 heterocycles. The van der Waals surface area contributed by atoms with Crippen LogP contribution in [-0.2, 0) is 0 Å². The van der Waals surface area contributed by atoms with Crippen molar-refractivity contribution in [1.82, 2.24) is 5.32 Å². The van der Waals surface area contributed by atoms with E-state index in [0.717, 1.165) is 24.2 Å². The van der Waals surface area contributed by atoms with Gasteiger partial charge in [-0.1, -0.05) is 12.1 Å². The maximum absolute atomic E-state index is 13.6. The van der Waals surface area contributed by atoms with Crippen LogP contribution < -0.4 is 11.1 Å². The van der Waals surface area contributed by atoms with Crippen molar-refractivity contribution in [3.63, 3.8) is 0 Å². The highest BCUT2D eigenvalue weighted by molar-refractivity contribution is 5.29. The van der Waals surface area contributed by atoms with Crippen LogP contribution in [0.1, 0.15) is 17.0 Å². The van der Waals surface area contributed by atoms with Crippen LogP contribution in [0, 0.1) is 12.7 Å². The van der Waals surface area contributed by atoms with Crippen LogP contribution in [0.5, 0.6) is 0 Å². The van der Waals surface area contributed by atoms with E-state index in [1.165, 1.54) is 0 Å². The lowest BCUT2D eigenvalue weighted by molar-refractivity contribution is 0.565. The lowest BCUT2D eigenvalue weighted by Gasteiger charge is -2.15. The summed E-state index contributed by atoms with van der Waals surface area (Å²) in [7, 11) is 0. The smallest absolute Gasteiger partial charge is 0.127 e. The maximum Gasteiger partial charge on any atom is 0.127 e. The van der Waals surface area contributed by atoms with E-state index >= 15 is 0 Å². The highest BCUT2D eigenvalue weighted by Gasteiger charge is 2.27. The first-order chi connectivity index (χ1) is 6.68. The molecule has 1 aromatic carbocycles. The van der Waals surface area contributed by atoms with E-state index in [1.54, 1.807) is 6.07 Å². The molecule has 2 nitrogen and oxygen atoms in total.